The lowest BCUT2D eigenvalue weighted by molar-refractivity contribution is 0.663. The van der Waals surface area contributed by atoms with E-state index in [0.717, 1.165) is 12.0 Å². The van der Waals surface area contributed by atoms with Crippen molar-refractivity contribution in [3.63, 3.8) is 0 Å². The van der Waals surface area contributed by atoms with Gasteiger partial charge in [-0.1, -0.05) is 36.7 Å². The molecule has 0 amide bonds. The molecule has 1 aromatic rings. The molecule has 0 saturated heterocycles. The molecular formula is C11H16ClNOS. The van der Waals surface area contributed by atoms with Gasteiger partial charge in [0.25, 0.3) is 0 Å². The van der Waals surface area contributed by atoms with Crippen molar-refractivity contribution in [1.82, 2.24) is 0 Å². The number of nitrogens with two attached hydrogens (primary N) is 1. The lowest BCUT2D eigenvalue weighted by Crippen LogP contribution is -2.25. The van der Waals surface area contributed by atoms with Crippen LogP contribution in [0.25, 0.3) is 0 Å². The normalized spacial score (nSPS) is 14.9. The quantitative estimate of drug-likeness (QED) is 0.865. The van der Waals surface area contributed by atoms with E-state index in [4.69, 9.17) is 17.3 Å². The van der Waals surface area contributed by atoms with E-state index in [1.165, 1.54) is 0 Å². The molecule has 15 heavy (non-hydrogen) atoms. The number of rotatable bonds is 5. The summed E-state index contributed by atoms with van der Waals surface area (Å²) in [6, 6.07) is 7.50. The minimum absolute atomic E-state index is 0.0706. The lowest BCUT2D eigenvalue weighted by Gasteiger charge is -2.12. The van der Waals surface area contributed by atoms with Crippen LogP contribution in [0.3, 0.4) is 0 Å². The van der Waals surface area contributed by atoms with Crippen LogP contribution in [-0.4, -0.2) is 16.0 Å². The van der Waals surface area contributed by atoms with E-state index in [1.54, 1.807) is 0 Å². The molecule has 0 aromatic heterocycles. The molecule has 0 radical (unpaired) electrons. The van der Waals surface area contributed by atoms with Gasteiger partial charge < -0.3 is 5.73 Å². The summed E-state index contributed by atoms with van der Waals surface area (Å²) >= 11 is 5.99. The molecule has 0 aliphatic carbocycles. The van der Waals surface area contributed by atoms with E-state index < -0.39 is 10.8 Å². The molecule has 0 aliphatic rings. The number of halogens is 1. The third-order valence-corrected chi connectivity index (χ3v) is 4.58. The summed E-state index contributed by atoms with van der Waals surface area (Å²) in [7, 11) is -0.929. The van der Waals surface area contributed by atoms with Crippen LogP contribution in [0.2, 0.25) is 5.02 Å². The van der Waals surface area contributed by atoms with Gasteiger partial charge in [0.05, 0.1) is 5.75 Å². The first-order valence-corrected chi connectivity index (χ1v) is 6.75. The zero-order chi connectivity index (χ0) is 11.3. The first kappa shape index (κ1) is 12.7. The summed E-state index contributed by atoms with van der Waals surface area (Å²) in [6.07, 6.45) is 0.841. The van der Waals surface area contributed by atoms with E-state index in [1.807, 2.05) is 31.2 Å². The highest BCUT2D eigenvalue weighted by Gasteiger charge is 2.14. The van der Waals surface area contributed by atoms with Gasteiger partial charge in [0.2, 0.25) is 0 Å². The van der Waals surface area contributed by atoms with E-state index in [2.05, 4.69) is 0 Å². The molecule has 1 rings (SSSR count). The van der Waals surface area contributed by atoms with Gasteiger partial charge in [-0.15, -0.1) is 0 Å². The maximum Gasteiger partial charge on any atom is 0.0503 e. The van der Waals surface area contributed by atoms with Gasteiger partial charge in [0.1, 0.15) is 0 Å². The molecule has 2 atom stereocenters. The van der Waals surface area contributed by atoms with Crippen molar-refractivity contribution in [1.29, 1.82) is 0 Å². The molecule has 4 heteroatoms. The standard InChI is InChI=1S/C11H16ClNOS/c1-2-10(7-13)15(14)8-9-5-3-4-6-11(9)12/h3-6,10H,2,7-8,13H2,1H3. The minimum atomic E-state index is -0.929. The Balaban J connectivity index is 2.70. The van der Waals surface area contributed by atoms with Gasteiger partial charge in [-0.2, -0.15) is 0 Å². The highest BCUT2D eigenvalue weighted by atomic mass is 35.5. The molecule has 84 valence electrons. The first-order valence-electron chi connectivity index (χ1n) is 4.99. The summed E-state index contributed by atoms with van der Waals surface area (Å²) in [6.45, 7) is 2.47. The van der Waals surface area contributed by atoms with E-state index in [9.17, 15) is 4.21 Å². The largest absolute Gasteiger partial charge is 0.329 e. The molecule has 2 unspecified atom stereocenters. The minimum Gasteiger partial charge on any atom is -0.329 e. The first-order chi connectivity index (χ1) is 7.19. The maximum absolute atomic E-state index is 11.9. The highest BCUT2D eigenvalue weighted by Crippen LogP contribution is 2.18. The van der Waals surface area contributed by atoms with Gasteiger partial charge in [-0.3, -0.25) is 4.21 Å². The molecule has 0 bridgehead atoms. The average Bonchev–Trinajstić information content (AvgIpc) is 2.23. The van der Waals surface area contributed by atoms with Crippen LogP contribution in [0.5, 0.6) is 0 Å². The second-order valence-electron chi connectivity index (χ2n) is 3.38. The van der Waals surface area contributed by atoms with Crippen LogP contribution in [-0.2, 0) is 16.6 Å². The number of hydrogen-bond donors (Lipinski definition) is 1. The second kappa shape index (κ2) is 6.26. The van der Waals surface area contributed by atoms with Crippen molar-refractivity contribution in [2.75, 3.05) is 6.54 Å². The summed E-state index contributed by atoms with van der Waals surface area (Å²) in [5.74, 6) is 0.495. The van der Waals surface area contributed by atoms with E-state index >= 15 is 0 Å². The van der Waals surface area contributed by atoms with Crippen molar-refractivity contribution in [2.24, 2.45) is 5.73 Å². The van der Waals surface area contributed by atoms with Crippen molar-refractivity contribution >= 4 is 22.4 Å². The molecule has 0 saturated carbocycles. The summed E-state index contributed by atoms with van der Waals surface area (Å²) < 4.78 is 11.9. The predicted octanol–water partition coefficient (Wildman–Crippen LogP) is 2.33. The second-order valence-corrected chi connectivity index (χ2v) is 5.51. The topological polar surface area (TPSA) is 43.1 Å². The van der Waals surface area contributed by atoms with Gasteiger partial charge in [0, 0.05) is 27.6 Å². The monoisotopic (exact) mass is 245 g/mol. The fourth-order valence-electron chi connectivity index (χ4n) is 1.35. The van der Waals surface area contributed by atoms with Crippen LogP contribution in [0.15, 0.2) is 24.3 Å². The van der Waals surface area contributed by atoms with Crippen molar-refractivity contribution in [2.45, 2.75) is 24.3 Å². The van der Waals surface area contributed by atoms with Crippen molar-refractivity contribution < 1.29 is 4.21 Å². The van der Waals surface area contributed by atoms with Gasteiger partial charge >= 0.3 is 0 Å². The Morgan fingerprint density at radius 2 is 2.13 bits per heavy atom. The Hall–Kier alpha value is -0.380. The highest BCUT2D eigenvalue weighted by molar-refractivity contribution is 7.84. The molecule has 0 heterocycles. The van der Waals surface area contributed by atoms with E-state index in [0.29, 0.717) is 17.3 Å². The third-order valence-electron chi connectivity index (χ3n) is 2.35. The Morgan fingerprint density at radius 1 is 1.47 bits per heavy atom. The zero-order valence-electron chi connectivity index (χ0n) is 8.78. The van der Waals surface area contributed by atoms with Crippen LogP contribution in [0.4, 0.5) is 0 Å². The molecule has 0 fully saturated rings. The average molecular weight is 246 g/mol. The number of benzene rings is 1. The molecule has 2 nitrogen and oxygen atoms in total. The SMILES string of the molecule is CCC(CN)S(=O)Cc1ccccc1Cl. The van der Waals surface area contributed by atoms with Gasteiger partial charge in [-0.05, 0) is 18.1 Å². The Kier molecular flexibility index (Phi) is 5.29. The van der Waals surface area contributed by atoms with Gasteiger partial charge in [0.15, 0.2) is 0 Å². The molecule has 0 spiro atoms. The molecule has 2 N–H and O–H groups in total. The molecular weight excluding hydrogens is 230 g/mol. The third kappa shape index (κ3) is 3.59. The zero-order valence-corrected chi connectivity index (χ0v) is 10.4. The van der Waals surface area contributed by atoms with Crippen LogP contribution < -0.4 is 5.73 Å². The predicted molar refractivity (Wildman–Crippen MR) is 66.4 cm³/mol. The van der Waals surface area contributed by atoms with E-state index in [-0.39, 0.29) is 5.25 Å². The lowest BCUT2D eigenvalue weighted by atomic mass is 10.2. The summed E-state index contributed by atoms with van der Waals surface area (Å²) in [4.78, 5) is 0. The fraction of sp³-hybridized carbons (Fsp3) is 0.455. The van der Waals surface area contributed by atoms with Crippen LogP contribution >= 0.6 is 11.6 Å². The molecule has 0 aliphatic heterocycles. The fourth-order valence-corrected chi connectivity index (χ4v) is 3.01. The number of hydrogen-bond acceptors (Lipinski definition) is 2. The Bertz CT molecular complexity index is 339. The van der Waals surface area contributed by atoms with Crippen LogP contribution in [0.1, 0.15) is 18.9 Å². The van der Waals surface area contributed by atoms with Gasteiger partial charge in [-0.25, -0.2) is 0 Å². The van der Waals surface area contributed by atoms with Crippen molar-refractivity contribution in [3.8, 4) is 0 Å². The summed E-state index contributed by atoms with van der Waals surface area (Å²) in [5, 5.41) is 0.749. The van der Waals surface area contributed by atoms with Crippen LogP contribution in [0, 0.1) is 0 Å². The Labute approximate surface area is 98.3 Å². The van der Waals surface area contributed by atoms with Crippen molar-refractivity contribution in [3.05, 3.63) is 34.9 Å². The summed E-state index contributed by atoms with van der Waals surface area (Å²) in [5.41, 5.74) is 6.48. The smallest absolute Gasteiger partial charge is 0.0503 e. The molecule has 1 aromatic carbocycles. The maximum atomic E-state index is 11.9. The Morgan fingerprint density at radius 3 is 2.67 bits per heavy atom.